The van der Waals surface area contributed by atoms with Gasteiger partial charge in [0.05, 0.1) is 11.6 Å². The van der Waals surface area contributed by atoms with Crippen molar-refractivity contribution in [2.45, 2.75) is 43.9 Å². The zero-order valence-corrected chi connectivity index (χ0v) is 17.7. The molecular formula is C23H21ClF4N2O2. The van der Waals surface area contributed by atoms with Crippen LogP contribution in [0.2, 0.25) is 5.02 Å². The van der Waals surface area contributed by atoms with Crippen molar-refractivity contribution in [1.29, 1.82) is 0 Å². The number of hydrogen-bond acceptors (Lipinski definition) is 2. The molecule has 2 atom stereocenters. The number of rotatable bonds is 5. The number of halogens is 5. The summed E-state index contributed by atoms with van der Waals surface area (Å²) in [5, 5.41) is 3.21. The van der Waals surface area contributed by atoms with Gasteiger partial charge in [-0.2, -0.15) is 13.2 Å². The van der Waals surface area contributed by atoms with Crippen LogP contribution >= 0.6 is 11.6 Å². The highest BCUT2D eigenvalue weighted by Crippen LogP contribution is 2.43. The van der Waals surface area contributed by atoms with Crippen molar-refractivity contribution in [2.24, 2.45) is 5.92 Å². The normalized spacial score (nSPS) is 19.7. The first kappa shape index (κ1) is 22.6. The summed E-state index contributed by atoms with van der Waals surface area (Å²) in [5.41, 5.74) is -0.682. The molecule has 1 saturated heterocycles. The molecule has 1 aliphatic heterocycles. The Bertz CT molecular complexity index is 1040. The zero-order valence-electron chi connectivity index (χ0n) is 17.0. The summed E-state index contributed by atoms with van der Waals surface area (Å²) >= 11 is 5.97. The molecule has 32 heavy (non-hydrogen) atoms. The minimum atomic E-state index is -4.65. The maximum atomic E-state index is 14.6. The van der Waals surface area contributed by atoms with Crippen LogP contribution in [-0.2, 0) is 11.0 Å². The van der Waals surface area contributed by atoms with E-state index in [1.54, 1.807) is 18.2 Å². The predicted molar refractivity (Wildman–Crippen MR) is 111 cm³/mol. The molecule has 2 aromatic rings. The second kappa shape index (κ2) is 8.73. The number of alkyl halides is 3. The summed E-state index contributed by atoms with van der Waals surface area (Å²) < 4.78 is 53.2. The molecule has 0 unspecified atom stereocenters. The maximum Gasteiger partial charge on any atom is 0.416 e. The van der Waals surface area contributed by atoms with Crippen molar-refractivity contribution in [3.63, 3.8) is 0 Å². The molecule has 170 valence electrons. The van der Waals surface area contributed by atoms with Crippen molar-refractivity contribution in [1.82, 2.24) is 10.2 Å². The van der Waals surface area contributed by atoms with Crippen LogP contribution in [-0.4, -0.2) is 29.3 Å². The standard InChI is InChI=1S/C23H21ClF4N2O2/c24-16-4-1-3-14(11-16)22(32)30-10-2-5-19(30)21(31)29-20(13-6-7-13)17-9-8-15(12-18(17)25)23(26,27)28/h1,3-4,8-9,11-13,19-20H,2,5-7,10H2,(H,29,31)/t19-,20-/m1/s1. The number of nitrogens with zero attached hydrogens (tertiary/aromatic N) is 1. The van der Waals surface area contributed by atoms with Gasteiger partial charge in [-0.25, -0.2) is 4.39 Å². The fourth-order valence-electron chi connectivity index (χ4n) is 4.15. The number of carbonyl (C=O) groups excluding carboxylic acids is 2. The van der Waals surface area contributed by atoms with Gasteiger partial charge in [0.2, 0.25) is 5.91 Å². The van der Waals surface area contributed by atoms with E-state index >= 15 is 0 Å². The molecule has 2 fully saturated rings. The molecule has 1 heterocycles. The fourth-order valence-corrected chi connectivity index (χ4v) is 4.34. The molecule has 9 heteroatoms. The lowest BCUT2D eigenvalue weighted by molar-refractivity contribution is -0.137. The number of likely N-dealkylation sites (tertiary alicyclic amines) is 1. The number of nitrogens with one attached hydrogen (secondary N) is 1. The van der Waals surface area contributed by atoms with E-state index in [1.165, 1.54) is 11.0 Å². The van der Waals surface area contributed by atoms with Gasteiger partial charge < -0.3 is 10.2 Å². The van der Waals surface area contributed by atoms with Crippen LogP contribution in [0.5, 0.6) is 0 Å². The van der Waals surface area contributed by atoms with E-state index in [4.69, 9.17) is 11.6 Å². The first-order valence-electron chi connectivity index (χ1n) is 10.4. The Balaban J connectivity index is 1.53. The zero-order chi connectivity index (χ0) is 23.0. The Morgan fingerprint density at radius 2 is 1.84 bits per heavy atom. The molecule has 2 aliphatic rings. The number of amides is 2. The van der Waals surface area contributed by atoms with Gasteiger partial charge in [0.1, 0.15) is 11.9 Å². The molecule has 0 radical (unpaired) electrons. The molecule has 1 N–H and O–H groups in total. The number of hydrogen-bond donors (Lipinski definition) is 1. The third kappa shape index (κ3) is 4.75. The summed E-state index contributed by atoms with van der Waals surface area (Å²) in [6.07, 6.45) is -2.09. The number of carbonyl (C=O) groups is 2. The Labute approximate surface area is 187 Å². The van der Waals surface area contributed by atoms with Gasteiger partial charge in [0.15, 0.2) is 0 Å². The first-order chi connectivity index (χ1) is 15.1. The minimum Gasteiger partial charge on any atom is -0.347 e. The molecule has 0 aromatic heterocycles. The van der Waals surface area contributed by atoms with Gasteiger partial charge in [-0.15, -0.1) is 0 Å². The lowest BCUT2D eigenvalue weighted by Gasteiger charge is -2.27. The molecule has 4 rings (SSSR count). The van der Waals surface area contributed by atoms with E-state index in [9.17, 15) is 27.2 Å². The van der Waals surface area contributed by atoms with Crippen LogP contribution in [0.15, 0.2) is 42.5 Å². The van der Waals surface area contributed by atoms with Crippen LogP contribution in [0.4, 0.5) is 17.6 Å². The Morgan fingerprint density at radius 3 is 2.47 bits per heavy atom. The summed E-state index contributed by atoms with van der Waals surface area (Å²) in [4.78, 5) is 27.5. The highest BCUT2D eigenvalue weighted by atomic mass is 35.5. The van der Waals surface area contributed by atoms with Gasteiger partial charge >= 0.3 is 6.18 Å². The molecule has 1 aliphatic carbocycles. The molecule has 1 saturated carbocycles. The SMILES string of the molecule is O=C(N[C@@H](c1ccc(C(F)(F)F)cc1F)C1CC1)[C@H]1CCCN1C(=O)c1cccc(Cl)c1. The third-order valence-corrected chi connectivity index (χ3v) is 6.18. The van der Waals surface area contributed by atoms with E-state index in [1.807, 2.05) is 0 Å². The maximum absolute atomic E-state index is 14.6. The molecule has 0 spiro atoms. The van der Waals surface area contributed by atoms with Crippen LogP contribution in [0.1, 0.15) is 53.2 Å². The van der Waals surface area contributed by atoms with E-state index in [0.717, 1.165) is 25.0 Å². The summed E-state index contributed by atoms with van der Waals surface area (Å²) in [6.45, 7) is 0.395. The van der Waals surface area contributed by atoms with E-state index < -0.39 is 35.5 Å². The third-order valence-electron chi connectivity index (χ3n) is 5.94. The van der Waals surface area contributed by atoms with Gasteiger partial charge in [-0.05, 0) is 61.9 Å². The molecule has 0 bridgehead atoms. The van der Waals surface area contributed by atoms with E-state index in [2.05, 4.69) is 5.32 Å². The molecule has 2 aromatic carbocycles. The average Bonchev–Trinajstić information content (AvgIpc) is 3.46. The van der Waals surface area contributed by atoms with Crippen LogP contribution in [0.25, 0.3) is 0 Å². The van der Waals surface area contributed by atoms with Crippen molar-refractivity contribution in [3.05, 3.63) is 70.0 Å². The van der Waals surface area contributed by atoms with Gasteiger partial charge in [0.25, 0.3) is 5.91 Å². The summed E-state index contributed by atoms with van der Waals surface area (Å²) in [6, 6.07) is 7.33. The lowest BCUT2D eigenvalue weighted by atomic mass is 9.99. The second-order valence-electron chi connectivity index (χ2n) is 8.22. The highest BCUT2D eigenvalue weighted by Gasteiger charge is 2.40. The van der Waals surface area contributed by atoms with Crippen LogP contribution in [0, 0.1) is 11.7 Å². The van der Waals surface area contributed by atoms with Crippen LogP contribution < -0.4 is 5.32 Å². The fraction of sp³-hybridized carbons (Fsp3) is 0.391. The smallest absolute Gasteiger partial charge is 0.347 e. The van der Waals surface area contributed by atoms with E-state index in [0.29, 0.717) is 36.0 Å². The topological polar surface area (TPSA) is 49.4 Å². The minimum absolute atomic E-state index is 0.0274. The highest BCUT2D eigenvalue weighted by molar-refractivity contribution is 6.31. The lowest BCUT2D eigenvalue weighted by Crippen LogP contribution is -2.47. The quantitative estimate of drug-likeness (QED) is 0.600. The van der Waals surface area contributed by atoms with Gasteiger partial charge in [0, 0.05) is 22.7 Å². The van der Waals surface area contributed by atoms with Crippen molar-refractivity contribution >= 4 is 23.4 Å². The van der Waals surface area contributed by atoms with Crippen molar-refractivity contribution < 1.29 is 27.2 Å². The van der Waals surface area contributed by atoms with Crippen LogP contribution in [0.3, 0.4) is 0 Å². The summed E-state index contributed by atoms with van der Waals surface area (Å²) in [5.74, 6) is -1.82. The van der Waals surface area contributed by atoms with Crippen molar-refractivity contribution in [2.75, 3.05) is 6.54 Å². The largest absolute Gasteiger partial charge is 0.416 e. The van der Waals surface area contributed by atoms with Gasteiger partial charge in [-0.3, -0.25) is 9.59 Å². The van der Waals surface area contributed by atoms with Crippen molar-refractivity contribution in [3.8, 4) is 0 Å². The predicted octanol–water partition coefficient (Wildman–Crippen LogP) is 5.37. The molecule has 2 amide bonds. The molecular weight excluding hydrogens is 448 g/mol. The summed E-state index contributed by atoms with van der Waals surface area (Å²) in [7, 11) is 0. The monoisotopic (exact) mass is 468 g/mol. The first-order valence-corrected chi connectivity index (χ1v) is 10.8. The number of benzene rings is 2. The Morgan fingerprint density at radius 1 is 1.09 bits per heavy atom. The Kier molecular flexibility index (Phi) is 6.16. The van der Waals surface area contributed by atoms with E-state index in [-0.39, 0.29) is 17.4 Å². The second-order valence-corrected chi connectivity index (χ2v) is 8.66. The van der Waals surface area contributed by atoms with Gasteiger partial charge in [-0.1, -0.05) is 23.7 Å². The average molecular weight is 469 g/mol. The Hall–Kier alpha value is -2.61. The molecule has 4 nitrogen and oxygen atoms in total.